The van der Waals surface area contributed by atoms with Gasteiger partial charge in [0.05, 0.1) is 11.0 Å². The minimum atomic E-state index is 0.587. The monoisotopic (exact) mass is 322 g/mol. The van der Waals surface area contributed by atoms with Gasteiger partial charge >= 0.3 is 0 Å². The van der Waals surface area contributed by atoms with E-state index < -0.39 is 0 Å². The second-order valence-corrected chi connectivity index (χ2v) is 5.85. The molecular formula is C18H18N4S. The van der Waals surface area contributed by atoms with Crippen LogP contribution in [0.5, 0.6) is 0 Å². The van der Waals surface area contributed by atoms with Crippen LogP contribution in [-0.4, -0.2) is 21.6 Å². The van der Waals surface area contributed by atoms with Crippen molar-refractivity contribution < 1.29 is 0 Å². The van der Waals surface area contributed by atoms with Gasteiger partial charge in [-0.1, -0.05) is 24.3 Å². The number of para-hydroxylation sites is 2. The number of aromatic nitrogens is 2. The minimum absolute atomic E-state index is 0.587. The fourth-order valence-corrected chi connectivity index (χ4v) is 2.40. The van der Waals surface area contributed by atoms with E-state index in [0.29, 0.717) is 11.7 Å². The molecule has 4 nitrogen and oxygen atoms in total. The van der Waals surface area contributed by atoms with E-state index in [1.54, 1.807) is 0 Å². The lowest BCUT2D eigenvalue weighted by molar-refractivity contribution is 1.000. The zero-order valence-corrected chi connectivity index (χ0v) is 13.7. The third kappa shape index (κ3) is 3.76. The SMILES string of the molecule is C=C(C)CNC(=S)Nc1ccc(-c2nc3ccccc3[nH]2)cc1. The number of aromatic amines is 1. The van der Waals surface area contributed by atoms with Gasteiger partial charge in [-0.2, -0.15) is 0 Å². The first kappa shape index (κ1) is 15.2. The van der Waals surface area contributed by atoms with Crippen molar-refractivity contribution in [1.29, 1.82) is 0 Å². The lowest BCUT2D eigenvalue weighted by Crippen LogP contribution is -2.29. The Kier molecular flexibility index (Phi) is 4.39. The number of benzene rings is 2. The fraction of sp³-hybridized carbons (Fsp3) is 0.111. The Morgan fingerprint density at radius 1 is 1.17 bits per heavy atom. The van der Waals surface area contributed by atoms with E-state index in [2.05, 4.69) is 27.2 Å². The van der Waals surface area contributed by atoms with E-state index in [-0.39, 0.29) is 0 Å². The van der Waals surface area contributed by atoms with E-state index in [1.807, 2.05) is 55.5 Å². The molecule has 0 spiro atoms. The summed E-state index contributed by atoms with van der Waals surface area (Å²) >= 11 is 5.24. The van der Waals surface area contributed by atoms with Gasteiger partial charge in [-0.25, -0.2) is 4.98 Å². The normalized spacial score (nSPS) is 10.5. The van der Waals surface area contributed by atoms with Crippen molar-refractivity contribution >= 4 is 34.1 Å². The maximum absolute atomic E-state index is 5.24. The smallest absolute Gasteiger partial charge is 0.171 e. The molecule has 0 unspecified atom stereocenters. The molecule has 3 aromatic rings. The van der Waals surface area contributed by atoms with Crippen molar-refractivity contribution in [3.63, 3.8) is 0 Å². The zero-order valence-electron chi connectivity index (χ0n) is 12.9. The molecule has 0 saturated heterocycles. The van der Waals surface area contributed by atoms with Crippen LogP contribution in [0.3, 0.4) is 0 Å². The molecular weight excluding hydrogens is 304 g/mol. The lowest BCUT2D eigenvalue weighted by Gasteiger charge is -2.10. The Morgan fingerprint density at radius 2 is 1.91 bits per heavy atom. The van der Waals surface area contributed by atoms with Crippen LogP contribution in [0.1, 0.15) is 6.92 Å². The van der Waals surface area contributed by atoms with Gasteiger partial charge in [-0.15, -0.1) is 0 Å². The number of nitrogens with one attached hydrogen (secondary N) is 3. The molecule has 0 aliphatic carbocycles. The average molecular weight is 322 g/mol. The van der Waals surface area contributed by atoms with Crippen LogP contribution in [-0.2, 0) is 0 Å². The van der Waals surface area contributed by atoms with Crippen LogP contribution in [0.4, 0.5) is 5.69 Å². The molecule has 3 N–H and O–H groups in total. The summed E-state index contributed by atoms with van der Waals surface area (Å²) in [5.41, 5.74) is 5.01. The predicted molar refractivity (Wildman–Crippen MR) is 101 cm³/mol. The topological polar surface area (TPSA) is 52.7 Å². The molecule has 23 heavy (non-hydrogen) atoms. The molecule has 0 aliphatic rings. The summed E-state index contributed by atoms with van der Waals surface area (Å²) in [4.78, 5) is 7.92. The summed E-state index contributed by atoms with van der Waals surface area (Å²) < 4.78 is 0. The first-order chi connectivity index (χ1) is 11.1. The van der Waals surface area contributed by atoms with Gasteiger partial charge in [0, 0.05) is 17.8 Å². The molecule has 5 heteroatoms. The Bertz CT molecular complexity index is 816. The van der Waals surface area contributed by atoms with E-state index in [0.717, 1.165) is 33.7 Å². The highest BCUT2D eigenvalue weighted by Crippen LogP contribution is 2.21. The third-order valence-corrected chi connectivity index (χ3v) is 3.60. The molecule has 0 saturated carbocycles. The van der Waals surface area contributed by atoms with Gasteiger partial charge in [-0.05, 0) is 55.5 Å². The number of imidazole rings is 1. The van der Waals surface area contributed by atoms with Crippen molar-refractivity contribution in [3.8, 4) is 11.4 Å². The van der Waals surface area contributed by atoms with Gasteiger partial charge in [0.15, 0.2) is 5.11 Å². The number of nitrogens with zero attached hydrogens (tertiary/aromatic N) is 1. The maximum atomic E-state index is 5.24. The van der Waals surface area contributed by atoms with E-state index in [1.165, 1.54) is 0 Å². The molecule has 0 amide bonds. The minimum Gasteiger partial charge on any atom is -0.359 e. The Balaban J connectivity index is 1.71. The highest BCUT2D eigenvalue weighted by molar-refractivity contribution is 7.80. The largest absolute Gasteiger partial charge is 0.359 e. The number of fused-ring (bicyclic) bond motifs is 1. The quantitative estimate of drug-likeness (QED) is 0.500. The van der Waals surface area contributed by atoms with Crippen LogP contribution in [0.2, 0.25) is 0 Å². The van der Waals surface area contributed by atoms with E-state index >= 15 is 0 Å². The standard InChI is InChI=1S/C18H18N4S/c1-12(2)11-19-18(23)20-14-9-7-13(8-10-14)17-21-15-5-3-4-6-16(15)22-17/h3-10H,1,11H2,2H3,(H,21,22)(H2,19,20,23). The predicted octanol–water partition coefficient (Wildman–Crippen LogP) is 4.09. The molecule has 1 heterocycles. The van der Waals surface area contributed by atoms with E-state index in [4.69, 9.17) is 12.2 Å². The highest BCUT2D eigenvalue weighted by atomic mass is 32.1. The van der Waals surface area contributed by atoms with Crippen LogP contribution in [0, 0.1) is 0 Å². The van der Waals surface area contributed by atoms with Gasteiger partial charge < -0.3 is 15.6 Å². The zero-order chi connectivity index (χ0) is 16.2. The van der Waals surface area contributed by atoms with Crippen molar-refractivity contribution in [2.24, 2.45) is 0 Å². The summed E-state index contributed by atoms with van der Waals surface area (Å²) in [5, 5.41) is 6.84. The van der Waals surface area contributed by atoms with Gasteiger partial charge in [0.1, 0.15) is 5.82 Å². The first-order valence-corrected chi connectivity index (χ1v) is 7.77. The summed E-state index contributed by atoms with van der Waals surface area (Å²) in [6.45, 7) is 6.46. The van der Waals surface area contributed by atoms with Gasteiger partial charge in [0.2, 0.25) is 0 Å². The van der Waals surface area contributed by atoms with Crippen LogP contribution < -0.4 is 10.6 Å². The summed E-state index contributed by atoms with van der Waals surface area (Å²) in [6.07, 6.45) is 0. The Labute approximate surface area is 140 Å². The molecule has 0 bridgehead atoms. The molecule has 0 atom stereocenters. The van der Waals surface area contributed by atoms with Crippen molar-refractivity contribution in [1.82, 2.24) is 15.3 Å². The molecule has 0 fully saturated rings. The van der Waals surface area contributed by atoms with Crippen LogP contribution in [0.15, 0.2) is 60.7 Å². The number of thiocarbonyl (C=S) groups is 1. The number of H-pyrrole nitrogens is 1. The molecule has 0 radical (unpaired) electrons. The molecule has 2 aromatic carbocycles. The molecule has 116 valence electrons. The summed E-state index contributed by atoms with van der Waals surface area (Å²) in [5.74, 6) is 0.862. The third-order valence-electron chi connectivity index (χ3n) is 3.36. The molecule has 3 rings (SSSR count). The van der Waals surface area contributed by atoms with Crippen LogP contribution in [0.25, 0.3) is 22.4 Å². The molecule has 1 aromatic heterocycles. The van der Waals surface area contributed by atoms with Gasteiger partial charge in [0.25, 0.3) is 0 Å². The number of hydrogen-bond donors (Lipinski definition) is 3. The second kappa shape index (κ2) is 6.62. The number of rotatable bonds is 4. The average Bonchev–Trinajstić information content (AvgIpc) is 2.97. The van der Waals surface area contributed by atoms with Crippen molar-refractivity contribution in [2.45, 2.75) is 6.92 Å². The van der Waals surface area contributed by atoms with Crippen molar-refractivity contribution in [3.05, 3.63) is 60.7 Å². The highest BCUT2D eigenvalue weighted by Gasteiger charge is 2.05. The summed E-state index contributed by atoms with van der Waals surface area (Å²) in [7, 11) is 0. The molecule has 0 aliphatic heterocycles. The summed E-state index contributed by atoms with van der Waals surface area (Å²) in [6, 6.07) is 16.0. The Morgan fingerprint density at radius 3 is 2.61 bits per heavy atom. The second-order valence-electron chi connectivity index (χ2n) is 5.44. The number of anilines is 1. The lowest BCUT2D eigenvalue weighted by atomic mass is 10.2. The van der Waals surface area contributed by atoms with Crippen LogP contribution >= 0.6 is 12.2 Å². The van der Waals surface area contributed by atoms with E-state index in [9.17, 15) is 0 Å². The van der Waals surface area contributed by atoms with Gasteiger partial charge in [-0.3, -0.25) is 0 Å². The number of hydrogen-bond acceptors (Lipinski definition) is 2. The Hall–Kier alpha value is -2.66. The first-order valence-electron chi connectivity index (χ1n) is 7.36. The maximum Gasteiger partial charge on any atom is 0.171 e. The van der Waals surface area contributed by atoms with Crippen molar-refractivity contribution in [2.75, 3.05) is 11.9 Å². The fourth-order valence-electron chi connectivity index (χ4n) is 2.21.